The van der Waals surface area contributed by atoms with Gasteiger partial charge in [-0.2, -0.15) is 17.4 Å². The lowest BCUT2D eigenvalue weighted by Gasteiger charge is -2.11. The Morgan fingerprint density at radius 1 is 1.72 bits per heavy atom. The zero-order valence-corrected chi connectivity index (χ0v) is 12.0. The highest BCUT2D eigenvalue weighted by molar-refractivity contribution is 9.10. The first kappa shape index (κ1) is 13.5. The quantitative estimate of drug-likeness (QED) is 0.806. The summed E-state index contributed by atoms with van der Waals surface area (Å²) in [5, 5.41) is 0. The van der Waals surface area contributed by atoms with Crippen molar-refractivity contribution in [1.82, 2.24) is 14.0 Å². The molecule has 9 heteroatoms. The predicted molar refractivity (Wildman–Crippen MR) is 70.3 cm³/mol. The topological polar surface area (TPSA) is 97.5 Å². The number of aromatic nitrogens is 1. The molecule has 0 saturated carbocycles. The van der Waals surface area contributed by atoms with Crippen LogP contribution >= 0.6 is 15.9 Å². The molecule has 0 aromatic carbocycles. The van der Waals surface area contributed by atoms with Gasteiger partial charge in [0.25, 0.3) is 10.2 Å². The van der Waals surface area contributed by atoms with E-state index in [4.69, 9.17) is 10.5 Å². The fourth-order valence-corrected chi connectivity index (χ4v) is 3.16. The van der Waals surface area contributed by atoms with E-state index in [9.17, 15) is 8.42 Å². The van der Waals surface area contributed by atoms with Gasteiger partial charge in [-0.1, -0.05) is 0 Å². The molecule has 7 nitrogen and oxygen atoms in total. The normalized spacial score (nSPS) is 23.1. The highest BCUT2D eigenvalue weighted by atomic mass is 79.9. The first-order valence-corrected chi connectivity index (χ1v) is 7.39. The molecule has 1 aromatic heterocycles. The summed E-state index contributed by atoms with van der Waals surface area (Å²) in [7, 11) is -1.83. The average molecular weight is 337 g/mol. The molecular weight excluding hydrogens is 324 g/mol. The van der Waals surface area contributed by atoms with Crippen molar-refractivity contribution in [3.8, 4) is 5.88 Å². The molecule has 1 aliphatic rings. The van der Waals surface area contributed by atoms with Crippen molar-refractivity contribution in [2.45, 2.75) is 6.04 Å². The van der Waals surface area contributed by atoms with Crippen molar-refractivity contribution in [3.63, 3.8) is 0 Å². The minimum absolute atomic E-state index is 0.207. The van der Waals surface area contributed by atoms with Crippen molar-refractivity contribution >= 4 is 31.8 Å². The molecule has 0 amide bonds. The van der Waals surface area contributed by atoms with E-state index < -0.39 is 10.2 Å². The number of nitrogens with zero attached hydrogens (tertiary/aromatic N) is 2. The number of anilines is 1. The van der Waals surface area contributed by atoms with Crippen LogP contribution in [0.25, 0.3) is 0 Å². The molecule has 0 bridgehead atoms. The Morgan fingerprint density at radius 2 is 2.44 bits per heavy atom. The summed E-state index contributed by atoms with van der Waals surface area (Å²) >= 11 is 3.27. The molecular formula is C9H13BrN4O3S. The van der Waals surface area contributed by atoms with E-state index in [0.29, 0.717) is 22.6 Å². The van der Waals surface area contributed by atoms with E-state index in [1.165, 1.54) is 17.5 Å². The second kappa shape index (κ2) is 5.00. The van der Waals surface area contributed by atoms with Crippen molar-refractivity contribution in [3.05, 3.63) is 16.7 Å². The Morgan fingerprint density at radius 3 is 3.00 bits per heavy atom. The summed E-state index contributed by atoms with van der Waals surface area (Å²) in [6.07, 6.45) is 1.48. The highest BCUT2D eigenvalue weighted by Gasteiger charge is 2.32. The molecule has 1 fully saturated rings. The van der Waals surface area contributed by atoms with E-state index in [-0.39, 0.29) is 12.6 Å². The summed E-state index contributed by atoms with van der Waals surface area (Å²) in [6.45, 7) is 0.577. The Kier molecular flexibility index (Phi) is 3.76. The molecule has 100 valence electrons. The lowest BCUT2D eigenvalue weighted by atomic mass is 10.3. The SMILES string of the molecule is CN1C[C@@H](COc2ncc(N)cc2Br)NS1(=O)=O. The standard InChI is InChI=1S/C9H13BrN4O3S/c1-14-4-7(13-18(14,15)16)5-17-9-8(10)2-6(11)3-12-9/h2-3,7,13H,4-5,11H2,1H3/t7-/m0/s1. The predicted octanol–water partition coefficient (Wildman–Crippen LogP) is -0.0465. The first-order valence-electron chi connectivity index (χ1n) is 5.16. The Labute approximate surface area is 114 Å². The summed E-state index contributed by atoms with van der Waals surface area (Å²) in [5.74, 6) is 0.387. The van der Waals surface area contributed by atoms with Crippen LogP contribution in [-0.2, 0) is 10.2 Å². The van der Waals surface area contributed by atoms with Gasteiger partial charge in [0.2, 0.25) is 5.88 Å². The minimum Gasteiger partial charge on any atom is -0.475 e. The fraction of sp³-hybridized carbons (Fsp3) is 0.444. The molecule has 2 rings (SSSR count). The summed E-state index contributed by atoms with van der Waals surface area (Å²) < 4.78 is 32.6. The third kappa shape index (κ3) is 2.91. The molecule has 0 radical (unpaired) electrons. The number of halogens is 1. The van der Waals surface area contributed by atoms with Crippen molar-refractivity contribution in [2.24, 2.45) is 0 Å². The van der Waals surface area contributed by atoms with Crippen LogP contribution in [0.2, 0.25) is 0 Å². The highest BCUT2D eigenvalue weighted by Crippen LogP contribution is 2.24. The Bertz CT molecular complexity index is 551. The molecule has 2 heterocycles. The number of rotatable bonds is 3. The lowest BCUT2D eigenvalue weighted by Crippen LogP contribution is -2.32. The van der Waals surface area contributed by atoms with Crippen LogP contribution in [0.1, 0.15) is 0 Å². The maximum atomic E-state index is 11.4. The second-order valence-corrected chi connectivity index (χ2v) is 6.63. The lowest BCUT2D eigenvalue weighted by molar-refractivity contribution is 0.266. The van der Waals surface area contributed by atoms with Gasteiger partial charge in [0.15, 0.2) is 0 Å². The zero-order chi connectivity index (χ0) is 13.3. The molecule has 1 aromatic rings. The van der Waals surface area contributed by atoms with Crippen LogP contribution in [0.4, 0.5) is 5.69 Å². The van der Waals surface area contributed by atoms with Crippen molar-refractivity contribution in [2.75, 3.05) is 25.9 Å². The number of hydrogen-bond donors (Lipinski definition) is 2. The van der Waals surface area contributed by atoms with Crippen molar-refractivity contribution in [1.29, 1.82) is 0 Å². The number of ether oxygens (including phenoxy) is 1. The number of hydrogen-bond acceptors (Lipinski definition) is 5. The van der Waals surface area contributed by atoms with Gasteiger partial charge in [0, 0.05) is 13.6 Å². The van der Waals surface area contributed by atoms with E-state index in [2.05, 4.69) is 25.6 Å². The van der Waals surface area contributed by atoms with Gasteiger partial charge in [0.1, 0.15) is 6.61 Å². The van der Waals surface area contributed by atoms with Gasteiger partial charge >= 0.3 is 0 Å². The van der Waals surface area contributed by atoms with E-state index in [1.807, 2.05) is 0 Å². The number of nitrogen functional groups attached to an aromatic ring is 1. The third-order valence-electron chi connectivity index (χ3n) is 2.45. The van der Waals surface area contributed by atoms with Crippen molar-refractivity contribution < 1.29 is 13.2 Å². The molecule has 1 atom stereocenters. The first-order chi connectivity index (χ1) is 8.38. The molecule has 1 saturated heterocycles. The fourth-order valence-electron chi connectivity index (χ4n) is 1.56. The minimum atomic E-state index is -3.34. The van der Waals surface area contributed by atoms with Crippen LogP contribution < -0.4 is 15.2 Å². The summed E-state index contributed by atoms with van der Waals surface area (Å²) in [6, 6.07) is 1.39. The molecule has 0 spiro atoms. The molecule has 18 heavy (non-hydrogen) atoms. The van der Waals surface area contributed by atoms with Gasteiger partial charge < -0.3 is 10.5 Å². The van der Waals surface area contributed by atoms with Gasteiger partial charge in [-0.25, -0.2) is 4.98 Å². The Balaban J connectivity index is 1.97. The molecule has 0 aliphatic carbocycles. The largest absolute Gasteiger partial charge is 0.475 e. The van der Waals surface area contributed by atoms with Crippen LogP contribution in [0.15, 0.2) is 16.7 Å². The smallest absolute Gasteiger partial charge is 0.279 e. The molecule has 3 N–H and O–H groups in total. The molecule has 1 aliphatic heterocycles. The van der Waals surface area contributed by atoms with Crippen LogP contribution in [0.3, 0.4) is 0 Å². The van der Waals surface area contributed by atoms with Crippen LogP contribution in [0, 0.1) is 0 Å². The average Bonchev–Trinajstić information content (AvgIpc) is 2.51. The summed E-state index contributed by atoms with van der Waals surface area (Å²) in [5.41, 5.74) is 6.08. The van der Waals surface area contributed by atoms with Gasteiger partial charge in [0.05, 0.1) is 22.4 Å². The number of nitrogens with two attached hydrogens (primary N) is 1. The van der Waals surface area contributed by atoms with E-state index in [0.717, 1.165) is 0 Å². The Hall–Kier alpha value is -0.900. The summed E-state index contributed by atoms with van der Waals surface area (Å²) in [4.78, 5) is 4.01. The van der Waals surface area contributed by atoms with E-state index in [1.54, 1.807) is 6.07 Å². The van der Waals surface area contributed by atoms with Gasteiger partial charge in [-0.15, -0.1) is 0 Å². The van der Waals surface area contributed by atoms with E-state index >= 15 is 0 Å². The number of likely N-dealkylation sites (N-methyl/N-ethyl adjacent to an activating group) is 1. The maximum Gasteiger partial charge on any atom is 0.279 e. The van der Waals surface area contributed by atoms with Gasteiger partial charge in [-0.05, 0) is 22.0 Å². The number of pyridine rings is 1. The third-order valence-corrected chi connectivity index (χ3v) is 4.62. The maximum absolute atomic E-state index is 11.4. The van der Waals surface area contributed by atoms with Crippen LogP contribution in [-0.4, -0.2) is 43.9 Å². The number of nitrogens with one attached hydrogen (secondary N) is 1. The monoisotopic (exact) mass is 336 g/mol. The van der Waals surface area contributed by atoms with Gasteiger partial charge in [-0.3, -0.25) is 0 Å². The second-order valence-electron chi connectivity index (χ2n) is 3.97. The molecule has 0 unspecified atom stereocenters. The zero-order valence-electron chi connectivity index (χ0n) is 9.63. The van der Waals surface area contributed by atoms with Crippen LogP contribution in [0.5, 0.6) is 5.88 Å².